The van der Waals surface area contributed by atoms with Crippen LogP contribution in [0.5, 0.6) is 11.5 Å². The van der Waals surface area contributed by atoms with Crippen molar-refractivity contribution >= 4 is 16.1 Å². The fourth-order valence-corrected chi connectivity index (χ4v) is 4.22. The summed E-state index contributed by atoms with van der Waals surface area (Å²) in [4.78, 5) is 25.1. The minimum absolute atomic E-state index is 0.0160. The van der Waals surface area contributed by atoms with Gasteiger partial charge >= 0.3 is 16.1 Å². The summed E-state index contributed by atoms with van der Waals surface area (Å²) in [5, 5.41) is 4.05. The van der Waals surface area contributed by atoms with Gasteiger partial charge in [0.25, 0.3) is 5.56 Å². The Bertz CT molecular complexity index is 1330. The Balaban J connectivity index is 2.14. The number of para-hydroxylation sites is 1. The van der Waals surface area contributed by atoms with Crippen molar-refractivity contribution in [3.8, 4) is 17.2 Å². The summed E-state index contributed by atoms with van der Waals surface area (Å²) in [6.07, 6.45) is 0. The van der Waals surface area contributed by atoms with Crippen molar-refractivity contribution in [2.24, 2.45) is 0 Å². The summed E-state index contributed by atoms with van der Waals surface area (Å²) in [6.45, 7) is 7.39. The quantitative estimate of drug-likeness (QED) is 0.332. The van der Waals surface area contributed by atoms with Crippen molar-refractivity contribution in [2.45, 2.75) is 38.5 Å². The summed E-state index contributed by atoms with van der Waals surface area (Å²) in [5.41, 5.74) is -0.0122. The molecule has 2 aromatic carbocycles. The second-order valence-electron chi connectivity index (χ2n) is 7.49. The molecule has 1 aromatic heterocycles. The highest BCUT2D eigenvalue weighted by Crippen LogP contribution is 2.31. The van der Waals surface area contributed by atoms with Gasteiger partial charge in [0, 0.05) is 0 Å². The Morgan fingerprint density at radius 3 is 2.32 bits per heavy atom. The summed E-state index contributed by atoms with van der Waals surface area (Å²) in [5.74, 6) is -1.34. The number of rotatable bonds is 9. The molecule has 0 unspecified atom stereocenters. The zero-order valence-corrected chi connectivity index (χ0v) is 20.2. The van der Waals surface area contributed by atoms with E-state index < -0.39 is 33.1 Å². The number of hydrogen-bond donors (Lipinski definition) is 0. The summed E-state index contributed by atoms with van der Waals surface area (Å²) in [6, 6.07) is 14.0. The minimum Gasteiger partial charge on any atom is -0.492 e. The van der Waals surface area contributed by atoms with Crippen LogP contribution in [-0.4, -0.2) is 37.4 Å². The van der Waals surface area contributed by atoms with Crippen LogP contribution in [-0.2, 0) is 14.9 Å². The standard InChI is InChI=1S/C24H26N2O7S/c1-5-31-19-13-12-17(16(3)4)14-21(19)34(29,30)33-20-15-22(27)26(18-10-8-7-9-11-18)25-23(20)24(28)32-6-2/h7-16H,5-6H2,1-4H3. The first-order valence-electron chi connectivity index (χ1n) is 10.8. The zero-order valence-electron chi connectivity index (χ0n) is 19.3. The van der Waals surface area contributed by atoms with Crippen molar-refractivity contribution in [3.05, 3.63) is 76.2 Å². The van der Waals surface area contributed by atoms with Crippen molar-refractivity contribution in [1.29, 1.82) is 0 Å². The van der Waals surface area contributed by atoms with Crippen molar-refractivity contribution < 1.29 is 26.9 Å². The fourth-order valence-electron chi connectivity index (χ4n) is 3.12. The third-order valence-electron chi connectivity index (χ3n) is 4.77. The average Bonchev–Trinajstić information content (AvgIpc) is 2.80. The summed E-state index contributed by atoms with van der Waals surface area (Å²) < 4.78 is 43.3. The molecule has 10 heteroatoms. The van der Waals surface area contributed by atoms with Crippen LogP contribution in [0.3, 0.4) is 0 Å². The smallest absolute Gasteiger partial charge is 0.362 e. The van der Waals surface area contributed by atoms with E-state index in [9.17, 15) is 18.0 Å². The first-order chi connectivity index (χ1) is 16.2. The monoisotopic (exact) mass is 486 g/mol. The predicted octanol–water partition coefficient (Wildman–Crippen LogP) is 3.70. The van der Waals surface area contributed by atoms with Crippen LogP contribution in [0.1, 0.15) is 49.7 Å². The van der Waals surface area contributed by atoms with Gasteiger partial charge in [-0.15, -0.1) is 0 Å². The first-order valence-corrected chi connectivity index (χ1v) is 12.2. The van der Waals surface area contributed by atoms with Crippen LogP contribution in [0.2, 0.25) is 0 Å². The second-order valence-corrected chi connectivity index (χ2v) is 9.01. The molecule has 0 fully saturated rings. The fraction of sp³-hybridized carbons (Fsp3) is 0.292. The molecule has 0 saturated carbocycles. The van der Waals surface area contributed by atoms with Gasteiger partial charge in [0.2, 0.25) is 5.69 Å². The Labute approximate surface area is 198 Å². The number of carbonyl (C=O) groups is 1. The highest BCUT2D eigenvalue weighted by Gasteiger charge is 2.28. The van der Waals surface area contributed by atoms with E-state index in [1.54, 1.807) is 56.3 Å². The normalized spacial score (nSPS) is 11.3. The minimum atomic E-state index is -4.51. The second kappa shape index (κ2) is 10.5. The SMILES string of the molecule is CCOC(=O)c1nn(-c2ccccc2)c(=O)cc1OS(=O)(=O)c1cc(C(C)C)ccc1OCC. The molecule has 0 aliphatic carbocycles. The maximum atomic E-state index is 13.3. The van der Waals surface area contributed by atoms with Crippen LogP contribution in [0, 0.1) is 0 Å². The molecule has 9 nitrogen and oxygen atoms in total. The molecular weight excluding hydrogens is 460 g/mol. The molecule has 0 aliphatic heterocycles. The van der Waals surface area contributed by atoms with E-state index in [-0.39, 0.29) is 29.8 Å². The van der Waals surface area contributed by atoms with Crippen molar-refractivity contribution in [2.75, 3.05) is 13.2 Å². The van der Waals surface area contributed by atoms with Gasteiger partial charge in [-0.25, -0.2) is 4.79 Å². The molecule has 0 N–H and O–H groups in total. The topological polar surface area (TPSA) is 114 Å². The molecule has 0 aliphatic rings. The van der Waals surface area contributed by atoms with Gasteiger partial charge in [0.15, 0.2) is 5.75 Å². The van der Waals surface area contributed by atoms with E-state index >= 15 is 0 Å². The third kappa shape index (κ3) is 5.45. The maximum Gasteiger partial charge on any atom is 0.362 e. The number of esters is 1. The molecule has 0 radical (unpaired) electrons. The zero-order chi connectivity index (χ0) is 24.9. The van der Waals surface area contributed by atoms with Crippen LogP contribution >= 0.6 is 0 Å². The lowest BCUT2D eigenvalue weighted by atomic mass is 10.0. The lowest BCUT2D eigenvalue weighted by Gasteiger charge is -2.16. The summed E-state index contributed by atoms with van der Waals surface area (Å²) in [7, 11) is -4.51. The molecule has 0 amide bonds. The Morgan fingerprint density at radius 2 is 1.71 bits per heavy atom. The molecule has 34 heavy (non-hydrogen) atoms. The van der Waals surface area contributed by atoms with E-state index in [1.807, 2.05) is 13.8 Å². The van der Waals surface area contributed by atoms with Gasteiger partial charge in [0.05, 0.1) is 25.0 Å². The highest BCUT2D eigenvalue weighted by molar-refractivity contribution is 7.87. The number of nitrogens with zero attached hydrogens (tertiary/aromatic N) is 2. The van der Waals surface area contributed by atoms with Crippen LogP contribution in [0.25, 0.3) is 5.69 Å². The largest absolute Gasteiger partial charge is 0.492 e. The molecule has 0 spiro atoms. The number of carbonyl (C=O) groups excluding carboxylic acids is 1. The molecule has 0 atom stereocenters. The van der Waals surface area contributed by atoms with E-state index in [4.69, 9.17) is 13.7 Å². The lowest BCUT2D eigenvalue weighted by Crippen LogP contribution is -2.26. The molecule has 3 aromatic rings. The molecule has 180 valence electrons. The van der Waals surface area contributed by atoms with Crippen molar-refractivity contribution in [1.82, 2.24) is 9.78 Å². The third-order valence-corrected chi connectivity index (χ3v) is 6.03. The average molecular weight is 487 g/mol. The van der Waals surface area contributed by atoms with Crippen LogP contribution < -0.4 is 14.5 Å². The van der Waals surface area contributed by atoms with Gasteiger partial charge in [-0.3, -0.25) is 4.79 Å². The molecule has 3 rings (SSSR count). The predicted molar refractivity (Wildman–Crippen MR) is 125 cm³/mol. The molecule has 0 saturated heterocycles. The van der Waals surface area contributed by atoms with Gasteiger partial charge in [-0.1, -0.05) is 38.1 Å². The Morgan fingerprint density at radius 1 is 1.00 bits per heavy atom. The number of ether oxygens (including phenoxy) is 2. The highest BCUT2D eigenvalue weighted by atomic mass is 32.2. The van der Waals surface area contributed by atoms with Crippen LogP contribution in [0.15, 0.2) is 64.3 Å². The first kappa shape index (κ1) is 25.0. The Hall–Kier alpha value is -3.66. The van der Waals surface area contributed by atoms with E-state index in [2.05, 4.69) is 5.10 Å². The van der Waals surface area contributed by atoms with Gasteiger partial charge in [-0.05, 0) is 49.6 Å². The lowest BCUT2D eigenvalue weighted by molar-refractivity contribution is 0.0515. The summed E-state index contributed by atoms with van der Waals surface area (Å²) >= 11 is 0. The van der Waals surface area contributed by atoms with E-state index in [0.717, 1.165) is 16.3 Å². The maximum absolute atomic E-state index is 13.3. The molecular formula is C24H26N2O7S. The van der Waals surface area contributed by atoms with Crippen LogP contribution in [0.4, 0.5) is 0 Å². The molecule has 1 heterocycles. The van der Waals surface area contributed by atoms with Crippen molar-refractivity contribution in [3.63, 3.8) is 0 Å². The Kier molecular flexibility index (Phi) is 7.72. The number of aromatic nitrogens is 2. The number of benzene rings is 2. The molecule has 0 bridgehead atoms. The van der Waals surface area contributed by atoms with Gasteiger partial charge in [0.1, 0.15) is 10.6 Å². The van der Waals surface area contributed by atoms with Gasteiger partial charge < -0.3 is 13.7 Å². The number of hydrogen-bond acceptors (Lipinski definition) is 8. The van der Waals surface area contributed by atoms with E-state index in [1.165, 1.54) is 6.07 Å². The van der Waals surface area contributed by atoms with E-state index in [0.29, 0.717) is 5.69 Å². The van der Waals surface area contributed by atoms with Gasteiger partial charge in [-0.2, -0.15) is 18.2 Å².